The van der Waals surface area contributed by atoms with Gasteiger partial charge in [0.1, 0.15) is 12.9 Å². The Labute approximate surface area is 196 Å². The lowest BCUT2D eigenvalue weighted by Gasteiger charge is -2.05. The van der Waals surface area contributed by atoms with Gasteiger partial charge in [-0.15, -0.1) is 0 Å². The molecule has 2 aliphatic carbocycles. The van der Waals surface area contributed by atoms with E-state index in [4.69, 9.17) is 9.26 Å². The van der Waals surface area contributed by atoms with Crippen molar-refractivity contribution in [3.63, 3.8) is 0 Å². The van der Waals surface area contributed by atoms with E-state index in [0.717, 1.165) is 11.8 Å². The number of fused-ring (bicyclic) bond motifs is 2. The summed E-state index contributed by atoms with van der Waals surface area (Å²) in [6.07, 6.45) is 7.96. The second-order valence-corrected chi connectivity index (χ2v) is 8.52. The molecule has 0 aliphatic heterocycles. The number of aryl methyl sites for hydroxylation is 1. The molecule has 0 amide bonds. The van der Waals surface area contributed by atoms with Crippen LogP contribution in [0, 0.1) is 11.8 Å². The number of nitrogens with zero attached hydrogens (tertiary/aromatic N) is 6. The normalized spacial score (nSPS) is 18.2. The Balaban J connectivity index is 0.000000167. The third-order valence-electron chi connectivity index (χ3n) is 6.18. The first-order valence-corrected chi connectivity index (χ1v) is 11.3. The van der Waals surface area contributed by atoms with Crippen molar-refractivity contribution in [3.05, 3.63) is 70.9 Å². The Kier molecular flexibility index (Phi) is 6.22. The van der Waals surface area contributed by atoms with Gasteiger partial charge in [0.2, 0.25) is 11.8 Å². The lowest BCUT2D eigenvalue weighted by Crippen LogP contribution is -2.23. The molecule has 2 aliphatic rings. The van der Waals surface area contributed by atoms with E-state index in [1.165, 1.54) is 35.6 Å². The Morgan fingerprint density at radius 2 is 2.09 bits per heavy atom. The highest BCUT2D eigenvalue weighted by Crippen LogP contribution is 2.52. The van der Waals surface area contributed by atoms with Crippen LogP contribution in [-0.4, -0.2) is 49.5 Å². The second kappa shape index (κ2) is 9.60. The highest BCUT2D eigenvalue weighted by atomic mass is 16.5. The molecule has 1 saturated carbocycles. The smallest absolute Gasteiger partial charge is 0.280 e. The molecule has 10 heteroatoms. The molecule has 0 spiro atoms. The number of aromatic nitrogens is 6. The van der Waals surface area contributed by atoms with Gasteiger partial charge >= 0.3 is 0 Å². The molecule has 176 valence electrons. The zero-order chi connectivity index (χ0) is 23.5. The maximum atomic E-state index is 12.5. The number of ether oxygens (including phenoxy) is 1. The molecule has 1 fully saturated rings. The second-order valence-electron chi connectivity index (χ2n) is 8.52. The monoisotopic (exact) mass is 461 g/mol. The van der Waals surface area contributed by atoms with Gasteiger partial charge in [-0.1, -0.05) is 41.6 Å². The molecule has 2 unspecified atom stereocenters. The quantitative estimate of drug-likeness (QED) is 0.418. The first-order chi connectivity index (χ1) is 16.6. The Morgan fingerprint density at radius 1 is 1.24 bits per heavy atom. The summed E-state index contributed by atoms with van der Waals surface area (Å²) in [6, 6.07) is 10.8. The van der Waals surface area contributed by atoms with Crippen molar-refractivity contribution in [3.8, 4) is 0 Å². The Morgan fingerprint density at radius 3 is 2.79 bits per heavy atom. The van der Waals surface area contributed by atoms with Crippen molar-refractivity contribution in [2.45, 2.75) is 19.4 Å². The summed E-state index contributed by atoms with van der Waals surface area (Å²) in [5.41, 5.74) is 3.58. The third kappa shape index (κ3) is 4.62. The number of hydrogen-bond acceptors (Lipinski definition) is 8. The number of hydrogen-bond donors (Lipinski definition) is 1. The molecular formula is C24H27N7O3. The molecule has 0 saturated heterocycles. The summed E-state index contributed by atoms with van der Waals surface area (Å²) in [5.74, 6) is 2.86. The van der Waals surface area contributed by atoms with Crippen LogP contribution in [0.5, 0.6) is 0 Å². The van der Waals surface area contributed by atoms with Crippen LogP contribution in [0.4, 0.5) is 5.95 Å². The molecule has 3 heterocycles. The van der Waals surface area contributed by atoms with Crippen molar-refractivity contribution in [2.75, 3.05) is 25.6 Å². The van der Waals surface area contributed by atoms with Crippen LogP contribution in [-0.2, 0) is 18.3 Å². The number of imidazole rings is 1. The summed E-state index contributed by atoms with van der Waals surface area (Å²) < 4.78 is 13.0. The van der Waals surface area contributed by atoms with Gasteiger partial charge in [-0.05, 0) is 35.8 Å². The molecular weight excluding hydrogens is 434 g/mol. The van der Waals surface area contributed by atoms with Crippen LogP contribution in [0.15, 0.2) is 58.4 Å². The summed E-state index contributed by atoms with van der Waals surface area (Å²) in [7, 11) is 3.37. The van der Waals surface area contributed by atoms with Crippen LogP contribution in [0.25, 0.3) is 16.7 Å². The maximum Gasteiger partial charge on any atom is 0.280 e. The van der Waals surface area contributed by atoms with E-state index in [0.29, 0.717) is 36.2 Å². The molecule has 3 aromatic heterocycles. The average molecular weight is 462 g/mol. The van der Waals surface area contributed by atoms with Gasteiger partial charge in [0, 0.05) is 20.7 Å². The summed E-state index contributed by atoms with van der Waals surface area (Å²) in [5, 5.41) is 6.61. The van der Waals surface area contributed by atoms with Crippen LogP contribution in [0.3, 0.4) is 0 Å². The number of benzene rings is 1. The first kappa shape index (κ1) is 22.0. The van der Waals surface area contributed by atoms with Crippen molar-refractivity contribution < 1.29 is 9.26 Å². The predicted octanol–water partition coefficient (Wildman–Crippen LogP) is 2.73. The fraction of sp³-hybridized carbons (Fsp3) is 0.375. The van der Waals surface area contributed by atoms with Crippen LogP contribution < -0.4 is 10.9 Å². The largest absolute Gasteiger partial charge is 0.383 e. The minimum absolute atomic E-state index is 0.166. The molecule has 10 nitrogen and oxygen atoms in total. The van der Waals surface area contributed by atoms with Gasteiger partial charge in [0.05, 0.1) is 6.61 Å². The lowest BCUT2D eigenvalue weighted by atomic mass is 10.0. The van der Waals surface area contributed by atoms with Gasteiger partial charge in [-0.2, -0.15) is 9.97 Å². The van der Waals surface area contributed by atoms with E-state index in [1.807, 2.05) is 0 Å². The molecule has 2 atom stereocenters. The third-order valence-corrected chi connectivity index (χ3v) is 6.18. The Hall–Kier alpha value is -3.79. The number of allylic oxidation sites excluding steroid dienone is 2. The fourth-order valence-electron chi connectivity index (χ4n) is 4.26. The first-order valence-electron chi connectivity index (χ1n) is 11.3. The molecule has 1 aromatic carbocycles. The zero-order valence-corrected chi connectivity index (χ0v) is 19.2. The van der Waals surface area contributed by atoms with Gasteiger partial charge in [0.15, 0.2) is 17.5 Å². The molecule has 34 heavy (non-hydrogen) atoms. The van der Waals surface area contributed by atoms with E-state index < -0.39 is 0 Å². The fourth-order valence-corrected chi connectivity index (χ4v) is 4.26. The van der Waals surface area contributed by atoms with Crippen molar-refractivity contribution in [2.24, 2.45) is 18.9 Å². The standard InChI is InChI=1S/C12H15N7O3.C12H12/c1-18-9-10(17-12(18)13-3-4-21-2)15-7-19(11(9)20)5-8-14-6-16-22-8;1-2-4-9(5-3-1)10-6-11-8-12(11)7-10/h6-7H,3-5H2,1-2H3,(H,13,17);1-6,11-12H,7-8H2. The minimum atomic E-state index is -0.224. The highest BCUT2D eigenvalue weighted by molar-refractivity contribution is 5.73. The molecule has 1 N–H and O–H groups in total. The van der Waals surface area contributed by atoms with E-state index in [-0.39, 0.29) is 12.1 Å². The van der Waals surface area contributed by atoms with Crippen molar-refractivity contribution >= 4 is 22.7 Å². The lowest BCUT2D eigenvalue weighted by molar-refractivity contribution is 0.210. The number of methoxy groups -OCH3 is 1. The van der Waals surface area contributed by atoms with E-state index in [2.05, 4.69) is 61.8 Å². The summed E-state index contributed by atoms with van der Waals surface area (Å²) in [4.78, 5) is 24.9. The van der Waals surface area contributed by atoms with Gasteiger partial charge in [-0.25, -0.2) is 4.98 Å². The SMILES string of the molecule is C1=C(c2ccccc2)CC2CC12.COCCNc1nc2ncn(Cc3ncno3)c(=O)c2n1C. The van der Waals surface area contributed by atoms with Gasteiger partial charge in [-0.3, -0.25) is 9.36 Å². The molecule has 6 rings (SSSR count). The summed E-state index contributed by atoms with van der Waals surface area (Å²) >= 11 is 0. The number of nitrogens with one attached hydrogen (secondary N) is 1. The van der Waals surface area contributed by atoms with E-state index in [9.17, 15) is 4.79 Å². The summed E-state index contributed by atoms with van der Waals surface area (Å²) in [6.45, 7) is 1.29. The van der Waals surface area contributed by atoms with Crippen molar-refractivity contribution in [1.29, 1.82) is 0 Å². The minimum Gasteiger partial charge on any atom is -0.383 e. The van der Waals surface area contributed by atoms with Gasteiger partial charge in [0.25, 0.3) is 5.56 Å². The van der Waals surface area contributed by atoms with Crippen molar-refractivity contribution in [1.82, 2.24) is 29.2 Å². The maximum absolute atomic E-state index is 12.5. The van der Waals surface area contributed by atoms with E-state index >= 15 is 0 Å². The Bertz CT molecular complexity index is 1340. The van der Waals surface area contributed by atoms with Crippen LogP contribution >= 0.6 is 0 Å². The molecule has 0 radical (unpaired) electrons. The highest BCUT2D eigenvalue weighted by Gasteiger charge is 2.40. The van der Waals surface area contributed by atoms with Gasteiger partial charge < -0.3 is 19.1 Å². The topological polar surface area (TPSA) is 113 Å². The molecule has 4 aromatic rings. The average Bonchev–Trinajstić information content (AvgIpc) is 3.21. The molecule has 0 bridgehead atoms. The van der Waals surface area contributed by atoms with E-state index in [1.54, 1.807) is 24.3 Å². The number of anilines is 1. The van der Waals surface area contributed by atoms with Crippen LogP contribution in [0.1, 0.15) is 24.3 Å². The number of rotatable bonds is 7. The zero-order valence-electron chi connectivity index (χ0n) is 19.2. The van der Waals surface area contributed by atoms with Crippen LogP contribution in [0.2, 0.25) is 0 Å². The predicted molar refractivity (Wildman–Crippen MR) is 127 cm³/mol.